The maximum absolute atomic E-state index is 2.73. The lowest BCUT2D eigenvalue weighted by molar-refractivity contribution is 0.336. The highest BCUT2D eigenvalue weighted by atomic mass is 15.2. The van der Waals surface area contributed by atoms with Gasteiger partial charge in [0.05, 0.1) is 11.7 Å². The molecule has 0 saturated carbocycles. The fourth-order valence-corrected chi connectivity index (χ4v) is 8.76. The largest absolute Gasteiger partial charge is 0.332 e. The maximum atomic E-state index is 2.73. The molecule has 2 nitrogen and oxygen atoms in total. The summed E-state index contributed by atoms with van der Waals surface area (Å²) in [6.45, 7) is 21.1. The molecule has 2 unspecified atom stereocenters. The normalized spacial score (nSPS) is 21.4. The number of rotatable bonds is 3. The van der Waals surface area contributed by atoms with Gasteiger partial charge in [-0.2, -0.15) is 0 Å². The van der Waals surface area contributed by atoms with E-state index >= 15 is 0 Å². The van der Waals surface area contributed by atoms with Gasteiger partial charge in [0.25, 0.3) is 0 Å². The number of nitrogens with zero attached hydrogens (tertiary/aromatic N) is 2. The SMILES string of the molecule is Cc1cc(C)cc(N(C2=CC3C4C(=C2)c2cccc5c2N4c2c(cccc2C3(C)C)C5(C)C)c2ccc(C(C)(C)C)cc2)c1. The van der Waals surface area contributed by atoms with E-state index in [1.165, 1.54) is 73.0 Å². The number of para-hydroxylation sites is 2. The zero-order chi connectivity index (χ0) is 30.9. The molecule has 0 radical (unpaired) electrons. The van der Waals surface area contributed by atoms with Crippen LogP contribution in [0, 0.1) is 19.8 Å². The lowest BCUT2D eigenvalue weighted by Gasteiger charge is -2.54. The number of aryl methyl sites for hydroxylation is 2. The molecule has 0 amide bonds. The van der Waals surface area contributed by atoms with Gasteiger partial charge in [-0.1, -0.05) is 109 Å². The zero-order valence-corrected chi connectivity index (χ0v) is 27.7. The molecule has 3 heterocycles. The van der Waals surface area contributed by atoms with Crippen LogP contribution in [-0.4, -0.2) is 6.04 Å². The second kappa shape index (κ2) is 8.78. The van der Waals surface area contributed by atoms with E-state index in [-0.39, 0.29) is 16.2 Å². The molecule has 0 N–H and O–H groups in total. The van der Waals surface area contributed by atoms with Crippen molar-refractivity contribution in [1.82, 2.24) is 0 Å². The summed E-state index contributed by atoms with van der Waals surface area (Å²) in [6, 6.07) is 30.6. The molecular formula is C42H44N2. The summed E-state index contributed by atoms with van der Waals surface area (Å²) in [5, 5.41) is 0. The van der Waals surface area contributed by atoms with Gasteiger partial charge in [-0.25, -0.2) is 0 Å². The third-order valence-electron chi connectivity index (χ3n) is 11.0. The van der Waals surface area contributed by atoms with E-state index < -0.39 is 0 Å². The second-order valence-corrected chi connectivity index (χ2v) is 15.8. The third kappa shape index (κ3) is 3.60. The third-order valence-corrected chi connectivity index (χ3v) is 11.0. The fraction of sp³-hybridized carbons (Fsp3) is 0.333. The van der Waals surface area contributed by atoms with Crippen molar-refractivity contribution in [1.29, 1.82) is 0 Å². The first kappa shape index (κ1) is 27.5. The van der Waals surface area contributed by atoms with Crippen LogP contribution in [0.4, 0.5) is 22.7 Å². The summed E-state index contributed by atoms with van der Waals surface area (Å²) in [4.78, 5) is 5.24. The standard InChI is InChI=1S/C42H44N2/c1-25-20-26(2)22-29(21-25)43(28-18-16-27(17-19-28)40(3,4)5)30-23-32-31-12-10-13-33-37(31)44-38(32)36(24-30)42(8,9)35-15-11-14-34(39(35)44)41(33,6)7/h10-24,36,38H,1-9H3. The van der Waals surface area contributed by atoms with Gasteiger partial charge in [-0.3, -0.25) is 0 Å². The summed E-state index contributed by atoms with van der Waals surface area (Å²) in [5.41, 5.74) is 17.7. The number of allylic oxidation sites excluding steroid dienone is 1. The Labute approximate surface area is 263 Å². The van der Waals surface area contributed by atoms with E-state index in [0.717, 1.165) is 0 Å². The molecule has 0 bridgehead atoms. The molecule has 1 aliphatic carbocycles. The minimum absolute atomic E-state index is 0.0445. The highest BCUT2D eigenvalue weighted by Crippen LogP contribution is 2.65. The lowest BCUT2D eigenvalue weighted by atomic mass is 9.61. The van der Waals surface area contributed by atoms with Crippen molar-refractivity contribution in [3.8, 4) is 0 Å². The molecule has 4 aromatic carbocycles. The van der Waals surface area contributed by atoms with E-state index in [9.17, 15) is 0 Å². The molecule has 2 heteroatoms. The van der Waals surface area contributed by atoms with Crippen LogP contribution < -0.4 is 9.80 Å². The van der Waals surface area contributed by atoms with Crippen LogP contribution in [0.3, 0.4) is 0 Å². The monoisotopic (exact) mass is 576 g/mol. The first-order valence-electron chi connectivity index (χ1n) is 16.3. The summed E-state index contributed by atoms with van der Waals surface area (Å²) in [6.07, 6.45) is 5.12. The molecule has 0 saturated heterocycles. The highest BCUT2D eigenvalue weighted by molar-refractivity contribution is 6.01. The molecule has 4 aromatic rings. The van der Waals surface area contributed by atoms with Crippen molar-refractivity contribution >= 4 is 28.3 Å². The van der Waals surface area contributed by atoms with Gasteiger partial charge in [0.2, 0.25) is 0 Å². The van der Waals surface area contributed by atoms with Crippen molar-refractivity contribution in [2.45, 2.75) is 84.6 Å². The average Bonchev–Trinajstić information content (AvgIpc) is 3.29. The molecule has 3 aliphatic heterocycles. The number of hydrogen-bond acceptors (Lipinski definition) is 2. The average molecular weight is 577 g/mol. The predicted octanol–water partition coefficient (Wildman–Crippen LogP) is 10.8. The van der Waals surface area contributed by atoms with Gasteiger partial charge < -0.3 is 9.80 Å². The maximum Gasteiger partial charge on any atom is 0.0671 e. The number of anilines is 4. The first-order chi connectivity index (χ1) is 20.8. The molecule has 8 rings (SSSR count). The van der Waals surface area contributed by atoms with Crippen molar-refractivity contribution in [2.75, 3.05) is 9.80 Å². The van der Waals surface area contributed by atoms with Gasteiger partial charge >= 0.3 is 0 Å². The Hall–Kier alpha value is -4.04. The van der Waals surface area contributed by atoms with Crippen LogP contribution in [-0.2, 0) is 16.2 Å². The molecule has 4 aliphatic rings. The first-order valence-corrected chi connectivity index (χ1v) is 16.3. The van der Waals surface area contributed by atoms with E-state index in [1.54, 1.807) is 0 Å². The Morgan fingerprint density at radius 1 is 0.705 bits per heavy atom. The van der Waals surface area contributed by atoms with Gasteiger partial charge in [0, 0.05) is 45.1 Å². The second-order valence-electron chi connectivity index (χ2n) is 15.8. The van der Waals surface area contributed by atoms with E-state index in [4.69, 9.17) is 0 Å². The van der Waals surface area contributed by atoms with Gasteiger partial charge in [0.1, 0.15) is 0 Å². The van der Waals surface area contributed by atoms with Gasteiger partial charge in [-0.05, 0) is 88.6 Å². The Morgan fingerprint density at radius 3 is 1.98 bits per heavy atom. The molecule has 0 spiro atoms. The summed E-state index contributed by atoms with van der Waals surface area (Å²) in [7, 11) is 0. The fourth-order valence-electron chi connectivity index (χ4n) is 8.76. The Balaban J connectivity index is 1.40. The van der Waals surface area contributed by atoms with Crippen LogP contribution in [0.25, 0.3) is 5.57 Å². The molecular weight excluding hydrogens is 532 g/mol. The zero-order valence-electron chi connectivity index (χ0n) is 27.7. The quantitative estimate of drug-likeness (QED) is 0.239. The van der Waals surface area contributed by atoms with Crippen LogP contribution in [0.1, 0.15) is 87.4 Å². The predicted molar refractivity (Wildman–Crippen MR) is 187 cm³/mol. The van der Waals surface area contributed by atoms with Crippen LogP contribution in [0.15, 0.2) is 96.7 Å². The molecule has 44 heavy (non-hydrogen) atoms. The Kier molecular flexibility index (Phi) is 5.49. The van der Waals surface area contributed by atoms with Gasteiger partial charge in [0.15, 0.2) is 0 Å². The van der Waals surface area contributed by atoms with Gasteiger partial charge in [-0.15, -0.1) is 0 Å². The Morgan fingerprint density at radius 2 is 1.32 bits per heavy atom. The molecule has 0 aromatic heterocycles. The minimum Gasteiger partial charge on any atom is -0.332 e. The van der Waals surface area contributed by atoms with Crippen molar-refractivity contribution in [3.05, 3.63) is 136 Å². The summed E-state index contributed by atoms with van der Waals surface area (Å²) < 4.78 is 0. The van der Waals surface area contributed by atoms with Crippen molar-refractivity contribution in [3.63, 3.8) is 0 Å². The van der Waals surface area contributed by atoms with Crippen LogP contribution >= 0.6 is 0 Å². The number of benzene rings is 4. The highest BCUT2D eigenvalue weighted by Gasteiger charge is 2.56. The van der Waals surface area contributed by atoms with Crippen LogP contribution in [0.5, 0.6) is 0 Å². The Bertz CT molecular complexity index is 1910. The number of fused-ring (bicyclic) bond motifs is 1. The van der Waals surface area contributed by atoms with E-state index in [2.05, 4.69) is 163 Å². The van der Waals surface area contributed by atoms with E-state index in [0.29, 0.717) is 12.0 Å². The van der Waals surface area contributed by atoms with Crippen molar-refractivity contribution in [2.24, 2.45) is 5.92 Å². The lowest BCUT2D eigenvalue weighted by Crippen LogP contribution is -2.52. The molecule has 222 valence electrons. The van der Waals surface area contributed by atoms with Crippen molar-refractivity contribution < 1.29 is 0 Å². The van der Waals surface area contributed by atoms with Crippen LogP contribution in [0.2, 0.25) is 0 Å². The smallest absolute Gasteiger partial charge is 0.0671 e. The number of hydrogen-bond donors (Lipinski definition) is 0. The summed E-state index contributed by atoms with van der Waals surface area (Å²) >= 11 is 0. The topological polar surface area (TPSA) is 6.48 Å². The molecule has 2 atom stereocenters. The minimum atomic E-state index is -0.0552. The summed E-state index contributed by atoms with van der Waals surface area (Å²) in [5.74, 6) is 0.309. The van der Waals surface area contributed by atoms with E-state index in [1.807, 2.05) is 0 Å². The molecule has 0 fully saturated rings.